The van der Waals surface area contributed by atoms with E-state index in [1.54, 1.807) is 0 Å². The summed E-state index contributed by atoms with van der Waals surface area (Å²) in [6.45, 7) is 9.86. The Hall–Kier alpha value is -0.0131. The summed E-state index contributed by atoms with van der Waals surface area (Å²) in [7, 11) is -1.49. The highest BCUT2D eigenvalue weighted by molar-refractivity contribution is 7.21. The van der Waals surface area contributed by atoms with E-state index < -0.39 is 7.38 Å². The molecule has 0 aromatic rings. The molecule has 0 nitrogen and oxygen atoms in total. The molecule has 0 saturated heterocycles. The van der Waals surface area contributed by atoms with Crippen LogP contribution in [0.2, 0.25) is 13.1 Å². The molecule has 9 heavy (non-hydrogen) atoms. The molecule has 0 unspecified atom stereocenters. The van der Waals surface area contributed by atoms with E-state index in [2.05, 4.69) is 25.4 Å². The molecule has 52 valence electrons. The van der Waals surface area contributed by atoms with Gasteiger partial charge in [0.25, 0.3) is 0 Å². The predicted molar refractivity (Wildman–Crippen MR) is 47.3 cm³/mol. The molecule has 0 N–H and O–H groups in total. The largest absolute Gasteiger partial charge is 0.173 e. The van der Waals surface area contributed by atoms with Gasteiger partial charge in [-0.05, 0) is 6.92 Å². The summed E-state index contributed by atoms with van der Waals surface area (Å²) in [5.74, 6) is 0. The van der Waals surface area contributed by atoms with Gasteiger partial charge in [-0.25, -0.2) is 0 Å². The lowest BCUT2D eigenvalue weighted by Gasteiger charge is -2.03. The number of allylic oxidation sites excluding steroid dienone is 2. The average Bonchev–Trinajstić information content (AvgIpc) is 1.59. The van der Waals surface area contributed by atoms with Gasteiger partial charge in [-0.15, -0.1) is 0 Å². The monoisotopic (exact) mass is 160 g/mol. The maximum Gasteiger partial charge on any atom is 0.173 e. The highest BCUT2D eigenvalue weighted by atomic mass is 35.6. The minimum atomic E-state index is -1.49. The second-order valence-electron chi connectivity index (χ2n) is 2.74. The first-order valence-corrected chi connectivity index (χ1v) is 7.04. The SMILES string of the molecule is C=C(C)C=C[Si](C)(C)Cl. The normalized spacial score (nSPS) is 12.4. The third-order valence-corrected chi connectivity index (χ3v) is 2.10. The summed E-state index contributed by atoms with van der Waals surface area (Å²) in [4.78, 5) is 0. The highest BCUT2D eigenvalue weighted by Gasteiger charge is 2.10. The molecular weight excluding hydrogens is 148 g/mol. The fraction of sp³-hybridized carbons (Fsp3) is 0.429. The van der Waals surface area contributed by atoms with Gasteiger partial charge in [0.15, 0.2) is 7.38 Å². The molecule has 2 heteroatoms. The van der Waals surface area contributed by atoms with Crippen molar-refractivity contribution in [1.82, 2.24) is 0 Å². The van der Waals surface area contributed by atoms with Crippen LogP contribution in [0.5, 0.6) is 0 Å². The zero-order chi connectivity index (χ0) is 7.49. The van der Waals surface area contributed by atoms with Crippen molar-refractivity contribution in [2.45, 2.75) is 20.0 Å². The van der Waals surface area contributed by atoms with Crippen molar-refractivity contribution in [3.05, 3.63) is 23.9 Å². The molecular formula is C7H13ClSi. The molecule has 0 aromatic carbocycles. The van der Waals surface area contributed by atoms with Gasteiger partial charge in [0.1, 0.15) is 0 Å². The number of hydrogen-bond donors (Lipinski definition) is 0. The molecule has 0 rings (SSSR count). The van der Waals surface area contributed by atoms with Crippen LogP contribution < -0.4 is 0 Å². The summed E-state index contributed by atoms with van der Waals surface area (Å²) in [5, 5.41) is 0. The number of halogens is 1. The Morgan fingerprint density at radius 2 is 2.00 bits per heavy atom. The first-order valence-electron chi connectivity index (χ1n) is 2.95. The Bertz CT molecular complexity index is 130. The summed E-state index contributed by atoms with van der Waals surface area (Å²) in [5.41, 5.74) is 3.13. The van der Waals surface area contributed by atoms with E-state index in [-0.39, 0.29) is 0 Å². The second kappa shape index (κ2) is 3.23. The predicted octanol–water partition coefficient (Wildman–Crippen LogP) is 3.10. The molecule has 0 atom stereocenters. The van der Waals surface area contributed by atoms with Gasteiger partial charge < -0.3 is 0 Å². The van der Waals surface area contributed by atoms with E-state index in [1.165, 1.54) is 0 Å². The van der Waals surface area contributed by atoms with Crippen molar-refractivity contribution >= 4 is 18.5 Å². The third kappa shape index (κ3) is 7.99. The van der Waals surface area contributed by atoms with Crippen LogP contribution in [-0.2, 0) is 0 Å². The van der Waals surface area contributed by atoms with Crippen molar-refractivity contribution in [3.8, 4) is 0 Å². The van der Waals surface area contributed by atoms with Crippen LogP contribution in [0.1, 0.15) is 6.92 Å². The molecule has 0 fully saturated rings. The second-order valence-corrected chi connectivity index (χ2v) is 9.13. The molecule has 0 aliphatic carbocycles. The van der Waals surface area contributed by atoms with Crippen LogP contribution in [0.15, 0.2) is 23.9 Å². The minimum Gasteiger partial charge on any atom is -0.162 e. The van der Waals surface area contributed by atoms with Crippen LogP contribution in [0, 0.1) is 0 Å². The van der Waals surface area contributed by atoms with Crippen molar-refractivity contribution in [2.75, 3.05) is 0 Å². The van der Waals surface area contributed by atoms with Gasteiger partial charge >= 0.3 is 0 Å². The maximum absolute atomic E-state index is 5.99. The van der Waals surface area contributed by atoms with Crippen molar-refractivity contribution in [1.29, 1.82) is 0 Å². The lowest BCUT2D eigenvalue weighted by Crippen LogP contribution is -2.11. The zero-order valence-corrected chi connectivity index (χ0v) is 8.00. The fourth-order valence-corrected chi connectivity index (χ4v) is 1.21. The summed E-state index contributed by atoms with van der Waals surface area (Å²) in [6, 6.07) is 0. The topological polar surface area (TPSA) is 0 Å². The summed E-state index contributed by atoms with van der Waals surface area (Å²) in [6.07, 6.45) is 1.99. The fourth-order valence-electron chi connectivity index (χ4n) is 0.340. The quantitative estimate of drug-likeness (QED) is 0.331. The Morgan fingerprint density at radius 1 is 1.56 bits per heavy atom. The van der Waals surface area contributed by atoms with Crippen molar-refractivity contribution in [3.63, 3.8) is 0 Å². The first kappa shape index (κ1) is 8.99. The molecule has 0 heterocycles. The van der Waals surface area contributed by atoms with E-state index in [1.807, 2.05) is 13.0 Å². The van der Waals surface area contributed by atoms with Crippen LogP contribution in [0.3, 0.4) is 0 Å². The lowest BCUT2D eigenvalue weighted by atomic mass is 10.4. The molecule has 0 aromatic heterocycles. The van der Waals surface area contributed by atoms with E-state index in [4.69, 9.17) is 11.1 Å². The van der Waals surface area contributed by atoms with Crippen LogP contribution in [0.25, 0.3) is 0 Å². The van der Waals surface area contributed by atoms with Crippen LogP contribution in [-0.4, -0.2) is 7.38 Å². The van der Waals surface area contributed by atoms with Crippen molar-refractivity contribution < 1.29 is 0 Å². The van der Waals surface area contributed by atoms with Gasteiger partial charge in [-0.3, -0.25) is 0 Å². The van der Waals surface area contributed by atoms with Gasteiger partial charge in [0.2, 0.25) is 0 Å². The van der Waals surface area contributed by atoms with Crippen molar-refractivity contribution in [2.24, 2.45) is 0 Å². The Kier molecular flexibility index (Phi) is 3.23. The summed E-state index contributed by atoms with van der Waals surface area (Å²) >= 11 is 5.99. The standard InChI is InChI=1S/C7H13ClSi/c1-7(2)5-6-9(3,4)8/h5-6H,1H2,2-4H3. The number of rotatable bonds is 2. The molecule has 0 aliphatic heterocycles. The maximum atomic E-state index is 5.99. The highest BCUT2D eigenvalue weighted by Crippen LogP contribution is 2.09. The minimum absolute atomic E-state index is 1.07. The molecule has 0 aliphatic rings. The molecule has 0 spiro atoms. The van der Waals surface area contributed by atoms with E-state index in [9.17, 15) is 0 Å². The Labute approximate surface area is 62.9 Å². The molecule has 0 amide bonds. The van der Waals surface area contributed by atoms with Gasteiger partial charge in [0, 0.05) is 0 Å². The number of hydrogen-bond acceptors (Lipinski definition) is 0. The van der Waals surface area contributed by atoms with Crippen LogP contribution >= 0.6 is 11.1 Å². The molecule has 0 radical (unpaired) electrons. The van der Waals surface area contributed by atoms with Crippen LogP contribution in [0.4, 0.5) is 0 Å². The Morgan fingerprint density at radius 3 is 2.11 bits per heavy atom. The van der Waals surface area contributed by atoms with E-state index in [0.29, 0.717) is 0 Å². The lowest BCUT2D eigenvalue weighted by molar-refractivity contribution is 1.57. The first-order chi connectivity index (χ1) is 3.92. The van der Waals surface area contributed by atoms with Gasteiger partial charge in [-0.1, -0.05) is 37.0 Å². The average molecular weight is 161 g/mol. The Balaban J connectivity index is 3.86. The van der Waals surface area contributed by atoms with Gasteiger partial charge in [-0.2, -0.15) is 11.1 Å². The van der Waals surface area contributed by atoms with Gasteiger partial charge in [0.05, 0.1) is 0 Å². The smallest absolute Gasteiger partial charge is 0.162 e. The van der Waals surface area contributed by atoms with E-state index >= 15 is 0 Å². The molecule has 0 saturated carbocycles. The molecule has 0 bridgehead atoms. The summed E-state index contributed by atoms with van der Waals surface area (Å²) < 4.78 is 0. The zero-order valence-electron chi connectivity index (χ0n) is 6.24. The third-order valence-electron chi connectivity index (χ3n) is 0.764. The van der Waals surface area contributed by atoms with E-state index in [0.717, 1.165) is 5.57 Å².